The fourth-order valence-corrected chi connectivity index (χ4v) is 4.94. The van der Waals surface area contributed by atoms with Gasteiger partial charge in [-0.2, -0.15) is 0 Å². The van der Waals surface area contributed by atoms with Crippen molar-refractivity contribution < 1.29 is 17.9 Å². The molecule has 0 aliphatic rings. The van der Waals surface area contributed by atoms with Gasteiger partial charge in [0.25, 0.3) is 0 Å². The molecule has 0 aliphatic carbocycles. The maximum Gasteiger partial charge on any atom is 0.194 e. The molecule has 1 atom stereocenters. The van der Waals surface area contributed by atoms with E-state index in [-0.39, 0.29) is 22.3 Å². The summed E-state index contributed by atoms with van der Waals surface area (Å²) in [5.41, 5.74) is 0.781. The first kappa shape index (κ1) is 21.3. The van der Waals surface area contributed by atoms with Gasteiger partial charge < -0.3 is 15.3 Å². The van der Waals surface area contributed by atoms with Crippen LogP contribution in [0.15, 0.2) is 51.0 Å². The highest BCUT2D eigenvalue weighted by Gasteiger charge is 2.21. The summed E-state index contributed by atoms with van der Waals surface area (Å²) < 4.78 is 38.0. The predicted octanol–water partition coefficient (Wildman–Crippen LogP) is 2.12. The van der Waals surface area contributed by atoms with Crippen LogP contribution in [0.2, 0.25) is 0 Å². The Morgan fingerprint density at radius 3 is 2.78 bits per heavy atom. The summed E-state index contributed by atoms with van der Waals surface area (Å²) in [6.07, 6.45) is -1.12. The van der Waals surface area contributed by atoms with Gasteiger partial charge in [-0.3, -0.25) is 4.99 Å². The van der Waals surface area contributed by atoms with E-state index < -0.39 is 15.9 Å². The fraction of sp³-hybridized carbons (Fsp3) is 0.389. The number of nitrogens with zero attached hydrogens (tertiary/aromatic N) is 2. The summed E-state index contributed by atoms with van der Waals surface area (Å²) in [6, 6.07) is 9.46. The van der Waals surface area contributed by atoms with Gasteiger partial charge in [0.05, 0.1) is 18.4 Å². The lowest BCUT2D eigenvalue weighted by molar-refractivity contribution is 0.205. The summed E-state index contributed by atoms with van der Waals surface area (Å²) in [7, 11) is -1.73. The Morgan fingerprint density at radius 1 is 1.37 bits per heavy atom. The smallest absolute Gasteiger partial charge is 0.194 e. The number of aliphatic imine (C=N–C) groups is 1. The predicted molar refractivity (Wildman–Crippen MR) is 106 cm³/mol. The molecule has 1 aromatic carbocycles. The molecule has 0 radical (unpaired) electrons. The number of aliphatic hydroxyl groups excluding tert-OH is 1. The van der Waals surface area contributed by atoms with Crippen molar-refractivity contribution in [2.24, 2.45) is 4.99 Å². The molecule has 0 saturated heterocycles. The van der Waals surface area contributed by atoms with Crippen molar-refractivity contribution in [3.05, 3.63) is 53.2 Å². The number of nitrogens with one attached hydrogen (secondary N) is 1. The van der Waals surface area contributed by atoms with Crippen LogP contribution in [-0.2, 0) is 16.4 Å². The van der Waals surface area contributed by atoms with Gasteiger partial charge in [-0.25, -0.2) is 12.8 Å². The lowest BCUT2D eigenvalue weighted by Gasteiger charge is -2.22. The second kappa shape index (κ2) is 9.82. The first-order chi connectivity index (χ1) is 12.8. The molecular weight excluding hydrogens is 389 g/mol. The molecular formula is C18H24FN3O3S2. The average Bonchev–Trinajstić information content (AvgIpc) is 3.13. The van der Waals surface area contributed by atoms with Crippen LogP contribution >= 0.6 is 11.3 Å². The number of guanidine groups is 1. The number of aliphatic hydroxyl groups is 1. The monoisotopic (exact) mass is 413 g/mol. The Kier molecular flexibility index (Phi) is 7.76. The minimum Gasteiger partial charge on any atom is -0.390 e. The third kappa shape index (κ3) is 6.60. The Balaban J connectivity index is 2.01. The van der Waals surface area contributed by atoms with E-state index in [1.165, 1.54) is 18.2 Å². The molecule has 0 bridgehead atoms. The lowest BCUT2D eigenvalue weighted by atomic mass is 10.2. The average molecular weight is 414 g/mol. The molecule has 0 amide bonds. The van der Waals surface area contributed by atoms with Crippen molar-refractivity contribution in [1.82, 2.24) is 10.2 Å². The molecule has 1 aromatic heterocycles. The topological polar surface area (TPSA) is 82.0 Å². The maximum atomic E-state index is 13.3. The van der Waals surface area contributed by atoms with Crippen LogP contribution in [0.25, 0.3) is 0 Å². The van der Waals surface area contributed by atoms with Gasteiger partial charge in [0.2, 0.25) is 0 Å². The van der Waals surface area contributed by atoms with Crippen molar-refractivity contribution in [2.45, 2.75) is 23.8 Å². The molecule has 0 spiro atoms. The van der Waals surface area contributed by atoms with E-state index in [9.17, 15) is 17.9 Å². The standard InChI is InChI=1S/C18H24FN3O3S2/c1-3-20-18(22(2)12-14-6-4-7-15(19)10-14)21-11-16(23)13-27(24,25)17-8-5-9-26-17/h4-10,16,23H,3,11-13H2,1-2H3,(H,20,21). The van der Waals surface area contributed by atoms with E-state index >= 15 is 0 Å². The molecule has 0 fully saturated rings. The largest absolute Gasteiger partial charge is 0.390 e. The van der Waals surface area contributed by atoms with Gasteiger partial charge in [0, 0.05) is 20.1 Å². The van der Waals surface area contributed by atoms with Crippen LogP contribution in [0.5, 0.6) is 0 Å². The Hall–Kier alpha value is -1.97. The number of thiophene rings is 1. The minimum absolute atomic E-state index is 0.0551. The third-order valence-corrected chi connectivity index (χ3v) is 6.96. The van der Waals surface area contributed by atoms with E-state index in [2.05, 4.69) is 10.3 Å². The van der Waals surface area contributed by atoms with Crippen molar-refractivity contribution in [3.8, 4) is 0 Å². The zero-order valence-electron chi connectivity index (χ0n) is 15.3. The molecule has 2 N–H and O–H groups in total. The van der Waals surface area contributed by atoms with E-state index in [4.69, 9.17) is 0 Å². The highest BCUT2D eigenvalue weighted by molar-refractivity contribution is 7.93. The van der Waals surface area contributed by atoms with Crippen molar-refractivity contribution >= 4 is 27.1 Å². The first-order valence-corrected chi connectivity index (χ1v) is 11.0. The van der Waals surface area contributed by atoms with Crippen molar-refractivity contribution in [1.29, 1.82) is 0 Å². The normalized spacial score (nSPS) is 13.4. The Bertz CT molecular complexity index is 854. The summed E-state index contributed by atoms with van der Waals surface area (Å²) in [4.78, 5) is 6.11. The minimum atomic E-state index is -3.53. The van der Waals surface area contributed by atoms with Crippen LogP contribution in [0.3, 0.4) is 0 Å². The summed E-state index contributed by atoms with van der Waals surface area (Å²) in [5.74, 6) is -0.185. The second-order valence-corrected chi connectivity index (χ2v) is 9.26. The summed E-state index contributed by atoms with van der Waals surface area (Å²) in [6.45, 7) is 2.88. The Morgan fingerprint density at radius 2 is 2.15 bits per heavy atom. The second-order valence-electron chi connectivity index (χ2n) is 6.05. The van der Waals surface area contributed by atoms with Crippen molar-refractivity contribution in [2.75, 3.05) is 25.9 Å². The number of sulfone groups is 1. The third-order valence-electron chi connectivity index (χ3n) is 3.67. The quantitative estimate of drug-likeness (QED) is 0.512. The van der Waals surface area contributed by atoms with Gasteiger partial charge in [-0.15, -0.1) is 11.3 Å². The van der Waals surface area contributed by atoms with E-state index in [1.54, 1.807) is 29.5 Å². The zero-order valence-corrected chi connectivity index (χ0v) is 16.9. The van der Waals surface area contributed by atoms with Gasteiger partial charge in [-0.05, 0) is 36.1 Å². The van der Waals surface area contributed by atoms with Gasteiger partial charge in [0.15, 0.2) is 15.8 Å². The van der Waals surface area contributed by atoms with Gasteiger partial charge >= 0.3 is 0 Å². The Labute approximate surface area is 163 Å². The zero-order chi connectivity index (χ0) is 19.9. The number of hydrogen-bond donors (Lipinski definition) is 2. The molecule has 27 heavy (non-hydrogen) atoms. The van der Waals surface area contributed by atoms with Crippen molar-refractivity contribution in [3.63, 3.8) is 0 Å². The van der Waals surface area contributed by atoms with E-state index in [0.29, 0.717) is 19.0 Å². The lowest BCUT2D eigenvalue weighted by Crippen LogP contribution is -2.39. The number of hydrogen-bond acceptors (Lipinski definition) is 5. The molecule has 1 unspecified atom stereocenters. The molecule has 6 nitrogen and oxygen atoms in total. The molecule has 1 heterocycles. The molecule has 0 aliphatic heterocycles. The van der Waals surface area contributed by atoms with Gasteiger partial charge in [-0.1, -0.05) is 18.2 Å². The number of benzene rings is 1. The van der Waals surface area contributed by atoms with Crippen LogP contribution in [-0.4, -0.2) is 56.4 Å². The highest BCUT2D eigenvalue weighted by Crippen LogP contribution is 2.18. The summed E-state index contributed by atoms with van der Waals surface area (Å²) >= 11 is 1.13. The highest BCUT2D eigenvalue weighted by atomic mass is 32.2. The number of rotatable bonds is 8. The van der Waals surface area contributed by atoms with Crippen LogP contribution in [0, 0.1) is 5.82 Å². The van der Waals surface area contributed by atoms with E-state index in [1.807, 2.05) is 13.0 Å². The first-order valence-electron chi connectivity index (χ1n) is 8.50. The van der Waals surface area contributed by atoms with Gasteiger partial charge in [0.1, 0.15) is 10.0 Å². The van der Waals surface area contributed by atoms with Crippen LogP contribution in [0.1, 0.15) is 12.5 Å². The molecule has 148 valence electrons. The van der Waals surface area contributed by atoms with Crippen LogP contribution in [0.4, 0.5) is 4.39 Å². The number of halogens is 1. The maximum absolute atomic E-state index is 13.3. The van der Waals surface area contributed by atoms with E-state index in [0.717, 1.165) is 16.9 Å². The van der Waals surface area contributed by atoms with Crippen LogP contribution < -0.4 is 5.32 Å². The molecule has 2 rings (SSSR count). The molecule has 0 saturated carbocycles. The molecule has 2 aromatic rings. The SMILES string of the molecule is CCNC(=NCC(O)CS(=O)(=O)c1cccs1)N(C)Cc1cccc(F)c1. The fourth-order valence-electron chi connectivity index (χ4n) is 2.47. The summed E-state index contributed by atoms with van der Waals surface area (Å²) in [5, 5.41) is 14.9. The molecule has 9 heteroatoms.